The zero-order valence-corrected chi connectivity index (χ0v) is 12.5. The molecule has 7 heteroatoms. The lowest BCUT2D eigenvalue weighted by atomic mass is 10.0. The fraction of sp³-hybridized carbons (Fsp3) is 0.333. The summed E-state index contributed by atoms with van der Waals surface area (Å²) in [6.07, 6.45) is 0. The summed E-state index contributed by atoms with van der Waals surface area (Å²) in [7, 11) is 0. The Kier molecular flexibility index (Phi) is 6.00. The molecule has 1 aromatic heterocycles. The van der Waals surface area contributed by atoms with E-state index in [4.69, 9.17) is 0 Å². The highest BCUT2D eigenvalue weighted by Crippen LogP contribution is 2.19. The predicted octanol–water partition coefficient (Wildman–Crippen LogP) is 2.09. The van der Waals surface area contributed by atoms with E-state index in [-0.39, 0.29) is 30.7 Å². The highest BCUT2D eigenvalue weighted by atomic mass is 35.5. The number of nitrogens with one attached hydrogen (secondary N) is 2. The van der Waals surface area contributed by atoms with Gasteiger partial charge in [-0.15, -0.1) is 36.2 Å². The SMILES string of the molecule is Cl.Cl.O=C(NCC1CNC1)c1ccc2ncsc2c1. The Hall–Kier alpha value is -0.880. The number of amides is 1. The third kappa shape index (κ3) is 3.57. The molecule has 2 N–H and O–H groups in total. The maximum atomic E-state index is 11.9. The smallest absolute Gasteiger partial charge is 0.251 e. The summed E-state index contributed by atoms with van der Waals surface area (Å²) in [6, 6.07) is 5.63. The van der Waals surface area contributed by atoms with E-state index in [2.05, 4.69) is 15.6 Å². The van der Waals surface area contributed by atoms with E-state index >= 15 is 0 Å². The van der Waals surface area contributed by atoms with Crippen LogP contribution in [0.15, 0.2) is 23.7 Å². The lowest BCUT2D eigenvalue weighted by molar-refractivity contribution is 0.0942. The highest BCUT2D eigenvalue weighted by molar-refractivity contribution is 7.16. The molecule has 0 saturated carbocycles. The Bertz CT molecular complexity index is 557. The minimum Gasteiger partial charge on any atom is -0.352 e. The number of rotatable bonds is 3. The molecule has 1 saturated heterocycles. The summed E-state index contributed by atoms with van der Waals surface area (Å²) in [6.45, 7) is 2.77. The van der Waals surface area contributed by atoms with Gasteiger partial charge in [0.05, 0.1) is 15.7 Å². The Balaban J connectivity index is 0.000000902. The van der Waals surface area contributed by atoms with Crippen LogP contribution in [-0.2, 0) is 0 Å². The Morgan fingerprint density at radius 1 is 1.42 bits per heavy atom. The first-order chi connectivity index (χ1) is 8.33. The van der Waals surface area contributed by atoms with E-state index in [0.717, 1.165) is 29.9 Å². The second-order valence-corrected chi connectivity index (χ2v) is 5.16. The summed E-state index contributed by atoms with van der Waals surface area (Å²) >= 11 is 1.56. The molecule has 1 amide bonds. The normalized spacial score (nSPS) is 14.1. The first-order valence-electron chi connectivity index (χ1n) is 5.65. The summed E-state index contributed by atoms with van der Waals surface area (Å²) in [5.74, 6) is 0.596. The van der Waals surface area contributed by atoms with Gasteiger partial charge in [0.2, 0.25) is 0 Å². The fourth-order valence-corrected chi connectivity index (χ4v) is 2.54. The van der Waals surface area contributed by atoms with Crippen molar-refractivity contribution in [3.8, 4) is 0 Å². The van der Waals surface area contributed by atoms with Gasteiger partial charge >= 0.3 is 0 Å². The number of aromatic nitrogens is 1. The van der Waals surface area contributed by atoms with E-state index in [1.807, 2.05) is 18.2 Å². The van der Waals surface area contributed by atoms with Gasteiger partial charge in [-0.1, -0.05) is 0 Å². The van der Waals surface area contributed by atoms with Gasteiger partial charge in [-0.3, -0.25) is 4.79 Å². The minimum absolute atomic E-state index is 0. The van der Waals surface area contributed by atoms with Crippen molar-refractivity contribution in [1.82, 2.24) is 15.6 Å². The Labute approximate surface area is 127 Å². The van der Waals surface area contributed by atoms with Crippen LogP contribution in [0.2, 0.25) is 0 Å². The fourth-order valence-electron chi connectivity index (χ4n) is 1.83. The largest absolute Gasteiger partial charge is 0.352 e. The molecule has 0 atom stereocenters. The Morgan fingerprint density at radius 3 is 2.89 bits per heavy atom. The number of carbonyl (C=O) groups is 1. The van der Waals surface area contributed by atoms with Crippen LogP contribution in [0.3, 0.4) is 0 Å². The van der Waals surface area contributed by atoms with Crippen LogP contribution in [0.5, 0.6) is 0 Å². The van der Waals surface area contributed by atoms with E-state index in [1.54, 1.807) is 16.8 Å². The lowest BCUT2D eigenvalue weighted by Gasteiger charge is -2.27. The van der Waals surface area contributed by atoms with Crippen molar-refractivity contribution in [1.29, 1.82) is 0 Å². The molecule has 2 heterocycles. The van der Waals surface area contributed by atoms with Gasteiger partial charge in [0.1, 0.15) is 0 Å². The zero-order valence-electron chi connectivity index (χ0n) is 10.1. The van der Waals surface area contributed by atoms with Gasteiger partial charge < -0.3 is 10.6 Å². The third-order valence-electron chi connectivity index (χ3n) is 3.01. The number of thiazole rings is 1. The molecule has 1 aliphatic rings. The summed E-state index contributed by atoms with van der Waals surface area (Å²) in [5.41, 5.74) is 3.47. The van der Waals surface area contributed by atoms with Crippen molar-refractivity contribution < 1.29 is 4.79 Å². The van der Waals surface area contributed by atoms with E-state index < -0.39 is 0 Å². The Morgan fingerprint density at radius 2 is 2.21 bits per heavy atom. The van der Waals surface area contributed by atoms with Gasteiger partial charge in [-0.05, 0) is 18.2 Å². The van der Waals surface area contributed by atoms with Crippen LogP contribution >= 0.6 is 36.2 Å². The average molecular weight is 320 g/mol. The molecule has 0 bridgehead atoms. The molecule has 3 rings (SSSR count). The first-order valence-corrected chi connectivity index (χ1v) is 6.53. The summed E-state index contributed by atoms with van der Waals surface area (Å²) in [4.78, 5) is 16.1. The van der Waals surface area contributed by atoms with E-state index in [1.165, 1.54) is 0 Å². The quantitative estimate of drug-likeness (QED) is 0.910. The number of hydrogen-bond donors (Lipinski definition) is 2. The van der Waals surface area contributed by atoms with Crippen molar-refractivity contribution in [2.24, 2.45) is 5.92 Å². The molecule has 2 aromatic rings. The van der Waals surface area contributed by atoms with Crippen LogP contribution in [-0.4, -0.2) is 30.5 Å². The number of hydrogen-bond acceptors (Lipinski definition) is 4. The first kappa shape index (κ1) is 16.2. The number of fused-ring (bicyclic) bond motifs is 1. The van der Waals surface area contributed by atoms with Gasteiger partial charge in [-0.2, -0.15) is 0 Å². The van der Waals surface area contributed by atoms with E-state index in [0.29, 0.717) is 11.5 Å². The molecule has 104 valence electrons. The molecule has 1 aromatic carbocycles. The molecular formula is C12H15Cl2N3OS. The van der Waals surface area contributed by atoms with Crippen molar-refractivity contribution >= 4 is 52.3 Å². The standard InChI is InChI=1S/C12H13N3OS.2ClH/c16-12(14-6-8-4-13-5-8)9-1-2-10-11(3-9)17-7-15-10;;/h1-3,7-8,13H,4-6H2,(H,14,16);2*1H. The predicted molar refractivity (Wildman–Crippen MR) is 82.8 cm³/mol. The summed E-state index contributed by atoms with van der Waals surface area (Å²) in [5, 5.41) is 6.15. The van der Waals surface area contributed by atoms with Crippen LogP contribution in [0.4, 0.5) is 0 Å². The van der Waals surface area contributed by atoms with Gasteiger partial charge in [-0.25, -0.2) is 4.98 Å². The molecule has 4 nitrogen and oxygen atoms in total. The van der Waals surface area contributed by atoms with Crippen LogP contribution in [0, 0.1) is 5.92 Å². The number of carbonyl (C=O) groups excluding carboxylic acids is 1. The lowest BCUT2D eigenvalue weighted by Crippen LogP contribution is -2.48. The maximum Gasteiger partial charge on any atom is 0.251 e. The third-order valence-corrected chi connectivity index (χ3v) is 3.80. The molecule has 1 fully saturated rings. The zero-order chi connectivity index (χ0) is 11.7. The molecule has 1 aliphatic heterocycles. The monoisotopic (exact) mass is 319 g/mol. The van der Waals surface area contributed by atoms with Crippen molar-refractivity contribution in [2.75, 3.05) is 19.6 Å². The number of benzene rings is 1. The van der Waals surface area contributed by atoms with Crippen molar-refractivity contribution in [3.05, 3.63) is 29.3 Å². The number of nitrogens with zero attached hydrogens (tertiary/aromatic N) is 1. The topological polar surface area (TPSA) is 54.0 Å². The second-order valence-electron chi connectivity index (χ2n) is 4.27. The van der Waals surface area contributed by atoms with Crippen LogP contribution < -0.4 is 10.6 Å². The molecule has 0 aliphatic carbocycles. The molecule has 0 radical (unpaired) electrons. The molecule has 19 heavy (non-hydrogen) atoms. The van der Waals surface area contributed by atoms with Gasteiger partial charge in [0.15, 0.2) is 0 Å². The van der Waals surface area contributed by atoms with Crippen molar-refractivity contribution in [3.63, 3.8) is 0 Å². The summed E-state index contributed by atoms with van der Waals surface area (Å²) < 4.78 is 1.06. The highest BCUT2D eigenvalue weighted by Gasteiger charge is 2.17. The van der Waals surface area contributed by atoms with Gasteiger partial charge in [0.25, 0.3) is 5.91 Å². The van der Waals surface area contributed by atoms with Crippen LogP contribution in [0.25, 0.3) is 10.2 Å². The minimum atomic E-state index is 0. The maximum absolute atomic E-state index is 11.9. The number of halogens is 2. The average Bonchev–Trinajstić information content (AvgIpc) is 2.73. The van der Waals surface area contributed by atoms with Crippen molar-refractivity contribution in [2.45, 2.75) is 0 Å². The van der Waals surface area contributed by atoms with E-state index in [9.17, 15) is 4.79 Å². The molecule has 0 unspecified atom stereocenters. The molecule has 0 spiro atoms. The second kappa shape index (κ2) is 7.05. The van der Waals surface area contributed by atoms with Crippen LogP contribution in [0.1, 0.15) is 10.4 Å². The van der Waals surface area contributed by atoms with Gasteiger partial charge in [0, 0.05) is 31.1 Å². The molecular weight excluding hydrogens is 305 g/mol.